The van der Waals surface area contributed by atoms with Crippen LogP contribution in [0.4, 0.5) is 0 Å². The maximum absolute atomic E-state index is 12.8. The molecule has 1 N–H and O–H groups in total. The Kier molecular flexibility index (Phi) is 6.50. The van der Waals surface area contributed by atoms with Crippen molar-refractivity contribution in [1.82, 2.24) is 4.72 Å². The number of sulfonamides is 1. The van der Waals surface area contributed by atoms with Gasteiger partial charge in [0.1, 0.15) is 10.6 Å². The van der Waals surface area contributed by atoms with E-state index in [0.29, 0.717) is 17.2 Å². The summed E-state index contributed by atoms with van der Waals surface area (Å²) >= 11 is 0. The molecule has 0 atom stereocenters. The second-order valence-corrected chi connectivity index (χ2v) is 7.81. The highest BCUT2D eigenvalue weighted by Crippen LogP contribution is 2.29. The van der Waals surface area contributed by atoms with Crippen LogP contribution in [0.15, 0.2) is 41.3 Å². The third kappa shape index (κ3) is 4.47. The molecule has 0 aliphatic carbocycles. The lowest BCUT2D eigenvalue weighted by Crippen LogP contribution is -2.24. The highest BCUT2D eigenvalue weighted by atomic mass is 32.2. The standard InChI is InChI=1S/C19H25NO5S/c1-13(2)15-7-9-17(24-4)19(11-15)26(21,22)20-12-14-6-8-16(23-3)18(10-14)25-5/h6-11,13,20H,12H2,1-5H3. The second-order valence-electron chi connectivity index (χ2n) is 6.08. The smallest absolute Gasteiger partial charge is 0.244 e. The molecule has 0 heterocycles. The van der Waals surface area contributed by atoms with Gasteiger partial charge in [-0.15, -0.1) is 0 Å². The van der Waals surface area contributed by atoms with Gasteiger partial charge < -0.3 is 14.2 Å². The molecule has 0 saturated carbocycles. The van der Waals surface area contributed by atoms with Gasteiger partial charge in [-0.1, -0.05) is 26.0 Å². The van der Waals surface area contributed by atoms with Gasteiger partial charge in [-0.2, -0.15) is 0 Å². The van der Waals surface area contributed by atoms with Crippen LogP contribution in [0.25, 0.3) is 0 Å². The summed E-state index contributed by atoms with van der Waals surface area (Å²) in [6.45, 7) is 4.14. The largest absolute Gasteiger partial charge is 0.495 e. The molecular weight excluding hydrogens is 354 g/mol. The lowest BCUT2D eigenvalue weighted by Gasteiger charge is -2.14. The number of ether oxygens (including phenoxy) is 3. The van der Waals surface area contributed by atoms with Crippen LogP contribution in [0.1, 0.15) is 30.9 Å². The van der Waals surface area contributed by atoms with Gasteiger partial charge in [-0.25, -0.2) is 13.1 Å². The molecular formula is C19H25NO5S. The van der Waals surface area contributed by atoms with Gasteiger partial charge in [-0.3, -0.25) is 0 Å². The van der Waals surface area contributed by atoms with Crippen LogP contribution in [-0.2, 0) is 16.6 Å². The molecule has 0 radical (unpaired) electrons. The summed E-state index contributed by atoms with van der Waals surface area (Å²) < 4.78 is 43.9. The van der Waals surface area contributed by atoms with E-state index in [9.17, 15) is 8.42 Å². The number of nitrogens with one attached hydrogen (secondary N) is 1. The Morgan fingerprint density at radius 2 is 1.50 bits per heavy atom. The van der Waals surface area contributed by atoms with Crippen LogP contribution in [-0.4, -0.2) is 29.7 Å². The van der Waals surface area contributed by atoms with E-state index in [1.54, 1.807) is 37.4 Å². The minimum Gasteiger partial charge on any atom is -0.495 e. The molecule has 0 unspecified atom stereocenters. The quantitative estimate of drug-likeness (QED) is 0.762. The Morgan fingerprint density at radius 3 is 2.08 bits per heavy atom. The molecule has 142 valence electrons. The number of hydrogen-bond acceptors (Lipinski definition) is 5. The highest BCUT2D eigenvalue weighted by Gasteiger charge is 2.21. The molecule has 0 amide bonds. The molecule has 2 rings (SSSR count). The summed E-state index contributed by atoms with van der Waals surface area (Å²) in [5, 5.41) is 0. The Labute approximate surface area is 155 Å². The zero-order valence-electron chi connectivity index (χ0n) is 15.7. The van der Waals surface area contributed by atoms with Crippen molar-refractivity contribution in [2.24, 2.45) is 0 Å². The van der Waals surface area contributed by atoms with Gasteiger partial charge in [-0.05, 0) is 41.3 Å². The fourth-order valence-electron chi connectivity index (χ4n) is 2.51. The summed E-state index contributed by atoms with van der Waals surface area (Å²) in [5.41, 5.74) is 1.68. The molecule has 0 aliphatic heterocycles. The fraction of sp³-hybridized carbons (Fsp3) is 0.368. The highest BCUT2D eigenvalue weighted by molar-refractivity contribution is 7.89. The van der Waals surface area contributed by atoms with Crippen molar-refractivity contribution in [3.05, 3.63) is 47.5 Å². The topological polar surface area (TPSA) is 73.9 Å². The van der Waals surface area contributed by atoms with Crippen LogP contribution in [0.5, 0.6) is 17.2 Å². The number of hydrogen-bond donors (Lipinski definition) is 1. The monoisotopic (exact) mass is 379 g/mol. The van der Waals surface area contributed by atoms with Gasteiger partial charge in [0, 0.05) is 6.54 Å². The lowest BCUT2D eigenvalue weighted by atomic mass is 10.0. The Bertz CT molecular complexity index is 862. The van der Waals surface area contributed by atoms with E-state index in [0.717, 1.165) is 11.1 Å². The van der Waals surface area contributed by atoms with Crippen molar-refractivity contribution in [2.75, 3.05) is 21.3 Å². The molecule has 2 aromatic carbocycles. The van der Waals surface area contributed by atoms with Crippen molar-refractivity contribution in [2.45, 2.75) is 31.2 Å². The van der Waals surface area contributed by atoms with Crippen LogP contribution < -0.4 is 18.9 Å². The van der Waals surface area contributed by atoms with Crippen LogP contribution in [0.3, 0.4) is 0 Å². The zero-order valence-corrected chi connectivity index (χ0v) is 16.5. The van der Waals surface area contributed by atoms with E-state index in [4.69, 9.17) is 14.2 Å². The number of methoxy groups -OCH3 is 3. The van der Waals surface area contributed by atoms with Crippen molar-refractivity contribution >= 4 is 10.0 Å². The average molecular weight is 379 g/mol. The lowest BCUT2D eigenvalue weighted by molar-refractivity contribution is 0.354. The van der Waals surface area contributed by atoms with E-state index < -0.39 is 10.0 Å². The number of rotatable bonds is 8. The van der Waals surface area contributed by atoms with Gasteiger partial charge in [0.15, 0.2) is 11.5 Å². The predicted molar refractivity (Wildman–Crippen MR) is 101 cm³/mol. The summed E-state index contributed by atoms with van der Waals surface area (Å²) in [6.07, 6.45) is 0. The minimum absolute atomic E-state index is 0.123. The van der Waals surface area contributed by atoms with Crippen LogP contribution in [0.2, 0.25) is 0 Å². The van der Waals surface area contributed by atoms with Crippen molar-refractivity contribution < 1.29 is 22.6 Å². The summed E-state index contributed by atoms with van der Waals surface area (Å²) in [7, 11) is 0.802. The van der Waals surface area contributed by atoms with E-state index in [1.165, 1.54) is 14.2 Å². The molecule has 0 aromatic heterocycles. The SMILES string of the molecule is COc1ccc(CNS(=O)(=O)c2cc(C(C)C)ccc2OC)cc1OC. The van der Waals surface area contributed by atoms with Crippen molar-refractivity contribution in [1.29, 1.82) is 0 Å². The first-order valence-corrected chi connectivity index (χ1v) is 9.69. The van der Waals surface area contributed by atoms with E-state index in [-0.39, 0.29) is 17.4 Å². The molecule has 2 aromatic rings. The predicted octanol–water partition coefficient (Wildman–Crippen LogP) is 3.31. The summed E-state index contributed by atoms with van der Waals surface area (Å²) in [4.78, 5) is 0.131. The third-order valence-corrected chi connectivity index (χ3v) is 5.48. The zero-order chi connectivity index (χ0) is 19.3. The third-order valence-electron chi connectivity index (χ3n) is 4.06. The van der Waals surface area contributed by atoms with E-state index in [1.807, 2.05) is 19.9 Å². The molecule has 0 bridgehead atoms. The van der Waals surface area contributed by atoms with Crippen LogP contribution >= 0.6 is 0 Å². The summed E-state index contributed by atoms with van der Waals surface area (Å²) in [6, 6.07) is 10.5. The maximum Gasteiger partial charge on any atom is 0.244 e. The summed E-state index contributed by atoms with van der Waals surface area (Å²) in [5.74, 6) is 1.66. The maximum atomic E-state index is 12.8. The molecule has 0 fully saturated rings. The normalized spacial score (nSPS) is 11.5. The van der Waals surface area contributed by atoms with E-state index in [2.05, 4.69) is 4.72 Å². The second kappa shape index (κ2) is 8.42. The molecule has 7 heteroatoms. The molecule has 0 saturated heterocycles. The van der Waals surface area contributed by atoms with Gasteiger partial charge in [0.05, 0.1) is 21.3 Å². The van der Waals surface area contributed by atoms with Crippen molar-refractivity contribution in [3.8, 4) is 17.2 Å². The average Bonchev–Trinajstić information content (AvgIpc) is 2.65. The Hall–Kier alpha value is -2.25. The first-order valence-electron chi connectivity index (χ1n) is 8.21. The van der Waals surface area contributed by atoms with Gasteiger partial charge in [0.25, 0.3) is 0 Å². The molecule has 6 nitrogen and oxygen atoms in total. The molecule has 0 spiro atoms. The molecule has 26 heavy (non-hydrogen) atoms. The van der Waals surface area contributed by atoms with Gasteiger partial charge in [0.2, 0.25) is 10.0 Å². The first-order chi connectivity index (χ1) is 12.3. The number of benzene rings is 2. The molecule has 0 aliphatic rings. The first kappa shape index (κ1) is 20.1. The minimum atomic E-state index is -3.74. The Balaban J connectivity index is 2.28. The Morgan fingerprint density at radius 1 is 0.885 bits per heavy atom. The van der Waals surface area contributed by atoms with Crippen LogP contribution in [0, 0.1) is 0 Å². The van der Waals surface area contributed by atoms with Gasteiger partial charge >= 0.3 is 0 Å². The fourth-order valence-corrected chi connectivity index (χ4v) is 3.73. The van der Waals surface area contributed by atoms with Crippen molar-refractivity contribution in [3.63, 3.8) is 0 Å². The van der Waals surface area contributed by atoms with E-state index >= 15 is 0 Å².